The number of benzene rings is 10. The Morgan fingerprint density at radius 1 is 0.267 bits per heavy atom. The fourth-order valence-corrected chi connectivity index (χ4v) is 10.4. The Morgan fingerprint density at radius 2 is 0.650 bits per heavy atom. The number of nitrogens with zero attached hydrogens (tertiary/aromatic N) is 1. The normalized spacial score (nSPS) is 12.8. The van der Waals surface area contributed by atoms with Gasteiger partial charge in [0.2, 0.25) is 0 Å². The third-order valence-electron chi connectivity index (χ3n) is 12.9. The van der Waals surface area contributed by atoms with E-state index in [-0.39, 0.29) is 0 Å². The highest BCUT2D eigenvalue weighted by Crippen LogP contribution is 2.67. The van der Waals surface area contributed by atoms with Gasteiger partial charge in [0.15, 0.2) is 0 Å². The predicted molar refractivity (Wildman–Crippen MR) is 251 cm³/mol. The lowest BCUT2D eigenvalue weighted by Crippen LogP contribution is -2.26. The zero-order valence-corrected chi connectivity index (χ0v) is 33.0. The molecule has 12 rings (SSSR count). The molecular formula is C59H39N. The molecule has 1 nitrogen and oxygen atoms in total. The highest BCUT2D eigenvalue weighted by molar-refractivity contribution is 6.17. The molecule has 0 saturated heterocycles. The topological polar surface area (TPSA) is 3.24 Å². The summed E-state index contributed by atoms with van der Waals surface area (Å²) in [4.78, 5) is 2.53. The van der Waals surface area contributed by atoms with Crippen LogP contribution in [-0.2, 0) is 5.41 Å². The molecule has 0 aromatic heterocycles. The van der Waals surface area contributed by atoms with Crippen molar-refractivity contribution in [1.82, 2.24) is 0 Å². The summed E-state index contributed by atoms with van der Waals surface area (Å²) in [5, 5.41) is 2.52. The van der Waals surface area contributed by atoms with Gasteiger partial charge in [-0.15, -0.1) is 0 Å². The predicted octanol–water partition coefficient (Wildman–Crippen LogP) is 15.7. The first kappa shape index (κ1) is 34.3. The van der Waals surface area contributed by atoms with E-state index in [4.69, 9.17) is 0 Å². The number of anilines is 3. The number of rotatable bonds is 6. The minimum absolute atomic E-state index is 0.513. The maximum Gasteiger partial charge on any atom is 0.0732 e. The Hall–Kier alpha value is -7.74. The van der Waals surface area contributed by atoms with Gasteiger partial charge in [-0.05, 0) is 102 Å². The molecule has 60 heavy (non-hydrogen) atoms. The van der Waals surface area contributed by atoms with Crippen LogP contribution in [0, 0.1) is 0 Å². The van der Waals surface area contributed by atoms with Gasteiger partial charge in [-0.1, -0.05) is 212 Å². The van der Waals surface area contributed by atoms with Gasteiger partial charge in [-0.2, -0.15) is 0 Å². The minimum Gasteiger partial charge on any atom is -0.309 e. The molecule has 0 bridgehead atoms. The van der Waals surface area contributed by atoms with Gasteiger partial charge in [0.05, 0.1) is 11.1 Å². The van der Waals surface area contributed by atoms with Crippen molar-refractivity contribution in [2.75, 3.05) is 4.90 Å². The van der Waals surface area contributed by atoms with E-state index in [9.17, 15) is 0 Å². The molecule has 2 aliphatic rings. The van der Waals surface area contributed by atoms with E-state index in [1.165, 1.54) is 94.3 Å². The van der Waals surface area contributed by atoms with Crippen LogP contribution in [0.3, 0.4) is 0 Å². The summed E-state index contributed by atoms with van der Waals surface area (Å²) in [5.41, 5.74) is 20.6. The van der Waals surface area contributed by atoms with E-state index in [1.54, 1.807) is 0 Å². The van der Waals surface area contributed by atoms with Crippen molar-refractivity contribution >= 4 is 27.8 Å². The van der Waals surface area contributed by atoms with Crippen LogP contribution in [0.5, 0.6) is 0 Å². The molecule has 10 aromatic carbocycles. The molecule has 0 N–H and O–H groups in total. The van der Waals surface area contributed by atoms with Gasteiger partial charge in [0.25, 0.3) is 0 Å². The van der Waals surface area contributed by atoms with E-state index < -0.39 is 5.41 Å². The summed E-state index contributed by atoms with van der Waals surface area (Å²) < 4.78 is 0. The molecule has 0 amide bonds. The second kappa shape index (κ2) is 13.7. The SMILES string of the molecule is c1ccc(-c2ccc(-c3ccc(N(c4ccccc4)c4c5c(c6ccccc6c4-c4ccccc4)C4(c6ccccc6-c6ccccc64)c4ccccc4-5)cc3)cc2)cc1. The fraction of sp³-hybridized carbons (Fsp3) is 0.0169. The summed E-state index contributed by atoms with van der Waals surface area (Å²) in [7, 11) is 0. The third kappa shape index (κ3) is 4.99. The third-order valence-corrected chi connectivity index (χ3v) is 12.9. The standard InChI is InChI=1S/C59H39N/c1-4-18-40(19-5-1)41-32-34-42(35-33-41)43-36-38-46(39-37-43)60(45-22-8-3-9-23-45)58-55(44-20-6-2-7-21-44)49-26-10-11-27-50(49)57-56(58)51-28-14-17-31-54(51)59(57)52-29-15-12-24-47(52)48-25-13-16-30-53(48)59/h1-39H. The monoisotopic (exact) mass is 761 g/mol. The highest BCUT2D eigenvalue weighted by Gasteiger charge is 2.53. The van der Waals surface area contributed by atoms with Crippen molar-refractivity contribution in [3.05, 3.63) is 259 Å². The quantitative estimate of drug-likeness (QED) is 0.163. The van der Waals surface area contributed by atoms with Crippen LogP contribution in [-0.4, -0.2) is 0 Å². The van der Waals surface area contributed by atoms with Crippen LogP contribution >= 0.6 is 0 Å². The van der Waals surface area contributed by atoms with Crippen molar-refractivity contribution in [2.24, 2.45) is 0 Å². The summed E-state index contributed by atoms with van der Waals surface area (Å²) in [6, 6.07) is 87.2. The summed E-state index contributed by atoms with van der Waals surface area (Å²) in [5.74, 6) is 0. The van der Waals surface area contributed by atoms with Crippen LogP contribution in [0.15, 0.2) is 237 Å². The van der Waals surface area contributed by atoms with Crippen molar-refractivity contribution in [3.8, 4) is 55.6 Å². The minimum atomic E-state index is -0.513. The van der Waals surface area contributed by atoms with Crippen molar-refractivity contribution < 1.29 is 0 Å². The van der Waals surface area contributed by atoms with E-state index >= 15 is 0 Å². The molecule has 0 fully saturated rings. The number of fused-ring (bicyclic) bond motifs is 12. The molecule has 0 heterocycles. The van der Waals surface area contributed by atoms with Gasteiger partial charge in [-0.3, -0.25) is 0 Å². The average molecular weight is 762 g/mol. The van der Waals surface area contributed by atoms with Gasteiger partial charge in [0.1, 0.15) is 0 Å². The highest BCUT2D eigenvalue weighted by atomic mass is 15.1. The molecule has 1 spiro atoms. The number of para-hydroxylation sites is 1. The number of hydrogen-bond donors (Lipinski definition) is 0. The van der Waals surface area contributed by atoms with E-state index in [1.807, 2.05) is 0 Å². The summed E-state index contributed by atoms with van der Waals surface area (Å²) in [6.07, 6.45) is 0. The zero-order valence-electron chi connectivity index (χ0n) is 33.0. The molecule has 0 saturated carbocycles. The molecule has 1 heteroatoms. The van der Waals surface area contributed by atoms with Crippen LogP contribution < -0.4 is 4.90 Å². The largest absolute Gasteiger partial charge is 0.309 e. The smallest absolute Gasteiger partial charge is 0.0732 e. The molecule has 0 atom stereocenters. The summed E-state index contributed by atoms with van der Waals surface area (Å²) in [6.45, 7) is 0. The molecule has 0 radical (unpaired) electrons. The lowest BCUT2D eigenvalue weighted by atomic mass is 9.69. The lowest BCUT2D eigenvalue weighted by molar-refractivity contribution is 0.801. The number of hydrogen-bond acceptors (Lipinski definition) is 1. The van der Waals surface area contributed by atoms with Crippen LogP contribution in [0.1, 0.15) is 22.3 Å². The van der Waals surface area contributed by atoms with Crippen LogP contribution in [0.25, 0.3) is 66.4 Å². The fourth-order valence-electron chi connectivity index (χ4n) is 10.4. The Morgan fingerprint density at radius 3 is 1.22 bits per heavy atom. The first-order valence-corrected chi connectivity index (χ1v) is 20.9. The summed E-state index contributed by atoms with van der Waals surface area (Å²) >= 11 is 0. The Kier molecular flexibility index (Phi) is 7.83. The second-order valence-electron chi connectivity index (χ2n) is 15.9. The molecule has 10 aromatic rings. The first-order valence-electron chi connectivity index (χ1n) is 20.9. The zero-order chi connectivity index (χ0) is 39.6. The average Bonchev–Trinajstić information content (AvgIpc) is 3.81. The second-order valence-corrected chi connectivity index (χ2v) is 15.9. The van der Waals surface area contributed by atoms with Crippen LogP contribution in [0.2, 0.25) is 0 Å². The van der Waals surface area contributed by atoms with Crippen LogP contribution in [0.4, 0.5) is 17.1 Å². The van der Waals surface area contributed by atoms with Gasteiger partial charge in [-0.25, -0.2) is 0 Å². The molecule has 0 unspecified atom stereocenters. The lowest BCUT2D eigenvalue weighted by Gasteiger charge is -2.35. The van der Waals surface area contributed by atoms with Crippen molar-refractivity contribution in [1.29, 1.82) is 0 Å². The molecule has 0 aliphatic heterocycles. The van der Waals surface area contributed by atoms with E-state index in [0.717, 1.165) is 11.4 Å². The Bertz CT molecular complexity index is 3170. The van der Waals surface area contributed by atoms with Gasteiger partial charge in [0, 0.05) is 22.5 Å². The molecule has 2 aliphatic carbocycles. The Balaban J connectivity index is 1.17. The van der Waals surface area contributed by atoms with Gasteiger partial charge < -0.3 is 4.90 Å². The first-order chi connectivity index (χ1) is 29.8. The van der Waals surface area contributed by atoms with Crippen molar-refractivity contribution in [2.45, 2.75) is 5.41 Å². The van der Waals surface area contributed by atoms with Gasteiger partial charge >= 0.3 is 0 Å². The molecular weight excluding hydrogens is 723 g/mol. The maximum atomic E-state index is 2.53. The van der Waals surface area contributed by atoms with E-state index in [0.29, 0.717) is 0 Å². The maximum absolute atomic E-state index is 2.53. The Labute approximate surface area is 351 Å². The molecule has 280 valence electrons. The van der Waals surface area contributed by atoms with E-state index in [2.05, 4.69) is 241 Å². The van der Waals surface area contributed by atoms with Crippen molar-refractivity contribution in [3.63, 3.8) is 0 Å².